The molecule has 1 aliphatic rings. The Morgan fingerprint density at radius 1 is 1.45 bits per heavy atom. The number of piperazine rings is 1. The summed E-state index contributed by atoms with van der Waals surface area (Å²) >= 11 is 6.28. The number of halogens is 1. The van der Waals surface area contributed by atoms with E-state index in [4.69, 9.17) is 21.1 Å². The summed E-state index contributed by atoms with van der Waals surface area (Å²) in [6.45, 7) is 8.06. The summed E-state index contributed by atoms with van der Waals surface area (Å²) in [4.78, 5) is 14.5. The number of ether oxygens (including phenoxy) is 2. The molecule has 2 rings (SSSR count). The number of nitrogens with zero attached hydrogens (tertiary/aromatic N) is 1. The van der Waals surface area contributed by atoms with E-state index in [1.807, 2.05) is 18.7 Å². The predicted molar refractivity (Wildman–Crippen MR) is 87.1 cm³/mol. The Balaban J connectivity index is 2.27. The molecule has 1 amide bonds. The van der Waals surface area contributed by atoms with E-state index in [9.17, 15) is 4.79 Å². The third-order valence-electron chi connectivity index (χ3n) is 3.49. The second-order valence-corrected chi connectivity index (χ2v) is 6.17. The molecular weight excluding hydrogens is 304 g/mol. The Morgan fingerprint density at radius 2 is 2.18 bits per heavy atom. The van der Waals surface area contributed by atoms with Crippen molar-refractivity contribution in [2.75, 3.05) is 26.7 Å². The SMILES string of the molecule is COc1cc(C(=O)N2CCNC(C)C2)cc(Cl)c1OC(C)C. The number of amides is 1. The zero-order chi connectivity index (χ0) is 16.3. The first-order chi connectivity index (χ1) is 10.4. The van der Waals surface area contributed by atoms with Crippen LogP contribution < -0.4 is 14.8 Å². The molecule has 0 radical (unpaired) electrons. The van der Waals surface area contributed by atoms with Crippen molar-refractivity contribution in [3.05, 3.63) is 22.7 Å². The molecule has 5 nitrogen and oxygen atoms in total. The number of carbonyl (C=O) groups is 1. The van der Waals surface area contributed by atoms with Gasteiger partial charge in [-0.15, -0.1) is 0 Å². The fraction of sp³-hybridized carbons (Fsp3) is 0.562. The molecule has 6 heteroatoms. The molecule has 1 aromatic carbocycles. The second kappa shape index (κ2) is 7.20. The summed E-state index contributed by atoms with van der Waals surface area (Å²) in [5.41, 5.74) is 0.520. The Morgan fingerprint density at radius 3 is 2.77 bits per heavy atom. The lowest BCUT2D eigenvalue weighted by Crippen LogP contribution is -2.51. The first-order valence-electron chi connectivity index (χ1n) is 7.49. The van der Waals surface area contributed by atoms with Gasteiger partial charge in [-0.25, -0.2) is 0 Å². The van der Waals surface area contributed by atoms with Crippen LogP contribution in [0.1, 0.15) is 31.1 Å². The minimum Gasteiger partial charge on any atom is -0.493 e. The molecule has 0 spiro atoms. The van der Waals surface area contributed by atoms with Crippen LogP contribution >= 0.6 is 11.6 Å². The molecule has 1 fully saturated rings. The Kier molecular flexibility index (Phi) is 5.53. The molecule has 1 atom stereocenters. The summed E-state index contributed by atoms with van der Waals surface area (Å²) in [5.74, 6) is 0.918. The fourth-order valence-electron chi connectivity index (χ4n) is 2.49. The largest absolute Gasteiger partial charge is 0.493 e. The highest BCUT2D eigenvalue weighted by Gasteiger charge is 2.24. The molecule has 0 bridgehead atoms. The maximum absolute atomic E-state index is 12.6. The van der Waals surface area contributed by atoms with Gasteiger partial charge in [0.1, 0.15) is 0 Å². The van der Waals surface area contributed by atoms with Crippen LogP contribution in [0, 0.1) is 0 Å². The first kappa shape index (κ1) is 16.9. The minimum absolute atomic E-state index is 0.0260. The maximum Gasteiger partial charge on any atom is 0.254 e. The van der Waals surface area contributed by atoms with Crippen LogP contribution in [0.4, 0.5) is 0 Å². The lowest BCUT2D eigenvalue weighted by Gasteiger charge is -2.32. The monoisotopic (exact) mass is 326 g/mol. The fourth-order valence-corrected chi connectivity index (χ4v) is 2.75. The number of hydrogen-bond acceptors (Lipinski definition) is 4. The van der Waals surface area contributed by atoms with Crippen LogP contribution in [-0.2, 0) is 0 Å². The van der Waals surface area contributed by atoms with Gasteiger partial charge in [0, 0.05) is 31.2 Å². The molecule has 1 N–H and O–H groups in total. The van der Waals surface area contributed by atoms with Gasteiger partial charge < -0.3 is 19.7 Å². The van der Waals surface area contributed by atoms with Crippen LogP contribution in [0.15, 0.2) is 12.1 Å². The summed E-state index contributed by atoms with van der Waals surface area (Å²) in [6.07, 6.45) is -0.0260. The number of hydrogen-bond donors (Lipinski definition) is 1. The summed E-state index contributed by atoms with van der Waals surface area (Å²) in [6, 6.07) is 3.63. The predicted octanol–water partition coefficient (Wildman–Crippen LogP) is 2.57. The number of methoxy groups -OCH3 is 1. The van der Waals surface area contributed by atoms with Gasteiger partial charge in [-0.3, -0.25) is 4.79 Å². The molecule has 0 aliphatic carbocycles. The Labute approximate surface area is 136 Å². The minimum atomic E-state index is -0.0374. The maximum atomic E-state index is 12.6. The molecule has 1 unspecified atom stereocenters. The zero-order valence-electron chi connectivity index (χ0n) is 13.5. The third kappa shape index (κ3) is 3.84. The van der Waals surface area contributed by atoms with E-state index in [1.165, 1.54) is 0 Å². The van der Waals surface area contributed by atoms with E-state index < -0.39 is 0 Å². The van der Waals surface area contributed by atoms with Crippen molar-refractivity contribution < 1.29 is 14.3 Å². The lowest BCUT2D eigenvalue weighted by atomic mass is 10.1. The number of benzene rings is 1. The highest BCUT2D eigenvalue weighted by molar-refractivity contribution is 6.32. The standard InChI is InChI=1S/C16H23ClN2O3/c1-10(2)22-15-13(17)7-12(8-14(15)21-4)16(20)19-6-5-18-11(3)9-19/h7-8,10-11,18H,5-6,9H2,1-4H3. The van der Waals surface area contributed by atoms with Crippen LogP contribution in [-0.4, -0.2) is 49.7 Å². The van der Waals surface area contributed by atoms with Crippen molar-refractivity contribution >= 4 is 17.5 Å². The van der Waals surface area contributed by atoms with Crippen molar-refractivity contribution in [1.29, 1.82) is 0 Å². The molecule has 122 valence electrons. The average molecular weight is 327 g/mol. The van der Waals surface area contributed by atoms with Gasteiger partial charge in [-0.05, 0) is 32.9 Å². The highest BCUT2D eigenvalue weighted by Crippen LogP contribution is 2.37. The molecule has 1 aliphatic heterocycles. The van der Waals surface area contributed by atoms with Gasteiger partial charge in [-0.1, -0.05) is 11.6 Å². The first-order valence-corrected chi connectivity index (χ1v) is 7.87. The van der Waals surface area contributed by atoms with E-state index in [0.29, 0.717) is 41.2 Å². The molecular formula is C16H23ClN2O3. The molecule has 1 saturated heterocycles. The van der Waals surface area contributed by atoms with Gasteiger partial charge in [0.25, 0.3) is 5.91 Å². The topological polar surface area (TPSA) is 50.8 Å². The van der Waals surface area contributed by atoms with E-state index in [0.717, 1.165) is 6.54 Å². The molecule has 1 aromatic rings. The van der Waals surface area contributed by atoms with Gasteiger partial charge >= 0.3 is 0 Å². The quantitative estimate of drug-likeness (QED) is 0.924. The number of carbonyl (C=O) groups excluding carboxylic acids is 1. The second-order valence-electron chi connectivity index (χ2n) is 5.76. The lowest BCUT2D eigenvalue weighted by molar-refractivity contribution is 0.0708. The zero-order valence-corrected chi connectivity index (χ0v) is 14.2. The van der Waals surface area contributed by atoms with E-state index in [1.54, 1.807) is 19.2 Å². The Hall–Kier alpha value is -1.46. The smallest absolute Gasteiger partial charge is 0.254 e. The van der Waals surface area contributed by atoms with Crippen molar-refractivity contribution in [1.82, 2.24) is 10.2 Å². The van der Waals surface area contributed by atoms with Crippen LogP contribution in [0.2, 0.25) is 5.02 Å². The van der Waals surface area contributed by atoms with Crippen molar-refractivity contribution in [2.24, 2.45) is 0 Å². The third-order valence-corrected chi connectivity index (χ3v) is 3.77. The highest BCUT2D eigenvalue weighted by atomic mass is 35.5. The summed E-state index contributed by atoms with van der Waals surface area (Å²) < 4.78 is 11.0. The van der Waals surface area contributed by atoms with Crippen LogP contribution in [0.5, 0.6) is 11.5 Å². The van der Waals surface area contributed by atoms with Gasteiger partial charge in [0.05, 0.1) is 18.2 Å². The van der Waals surface area contributed by atoms with Crippen LogP contribution in [0.25, 0.3) is 0 Å². The van der Waals surface area contributed by atoms with Crippen LogP contribution in [0.3, 0.4) is 0 Å². The molecule has 0 saturated carbocycles. The Bertz CT molecular complexity index is 548. The molecule has 0 aromatic heterocycles. The van der Waals surface area contributed by atoms with Crippen molar-refractivity contribution in [2.45, 2.75) is 32.9 Å². The summed E-state index contributed by atoms with van der Waals surface area (Å²) in [7, 11) is 1.54. The van der Waals surface area contributed by atoms with Crippen molar-refractivity contribution in [3.63, 3.8) is 0 Å². The number of rotatable bonds is 4. The van der Waals surface area contributed by atoms with E-state index >= 15 is 0 Å². The number of nitrogens with one attached hydrogen (secondary N) is 1. The normalized spacial score (nSPS) is 18.5. The molecule has 22 heavy (non-hydrogen) atoms. The van der Waals surface area contributed by atoms with E-state index in [-0.39, 0.29) is 12.0 Å². The van der Waals surface area contributed by atoms with Gasteiger partial charge in [0.15, 0.2) is 11.5 Å². The van der Waals surface area contributed by atoms with Crippen molar-refractivity contribution in [3.8, 4) is 11.5 Å². The van der Waals surface area contributed by atoms with Gasteiger partial charge in [-0.2, -0.15) is 0 Å². The van der Waals surface area contributed by atoms with E-state index in [2.05, 4.69) is 12.2 Å². The van der Waals surface area contributed by atoms with Gasteiger partial charge in [0.2, 0.25) is 0 Å². The average Bonchev–Trinajstić information content (AvgIpc) is 2.48. The molecule has 1 heterocycles. The summed E-state index contributed by atoms with van der Waals surface area (Å²) in [5, 5.41) is 3.71.